The lowest BCUT2D eigenvalue weighted by molar-refractivity contribution is 0.425. The van der Waals surface area contributed by atoms with Crippen LogP contribution in [0.15, 0.2) is 30.7 Å². The maximum Gasteiger partial charge on any atom is 0.0994 e. The molecule has 2 aromatic rings. The summed E-state index contributed by atoms with van der Waals surface area (Å²) in [6.45, 7) is 4.35. The molecule has 0 fully saturated rings. The first-order valence-corrected chi connectivity index (χ1v) is 6.96. The summed E-state index contributed by atoms with van der Waals surface area (Å²) in [6, 6.07) is 6.80. The van der Waals surface area contributed by atoms with Gasteiger partial charge in [0.15, 0.2) is 0 Å². The summed E-state index contributed by atoms with van der Waals surface area (Å²) in [5, 5.41) is 3.35. The van der Waals surface area contributed by atoms with Crippen LogP contribution in [0.5, 0.6) is 0 Å². The fraction of sp³-hybridized carbons (Fsp3) is 0.438. The molecule has 0 atom stereocenters. The Morgan fingerprint density at radius 3 is 2.79 bits per heavy atom. The summed E-state index contributed by atoms with van der Waals surface area (Å²) in [7, 11) is 1.99. The van der Waals surface area contributed by atoms with Crippen molar-refractivity contribution in [3.05, 3.63) is 47.5 Å². The summed E-state index contributed by atoms with van der Waals surface area (Å²) in [5.74, 6) is 0. The summed E-state index contributed by atoms with van der Waals surface area (Å²) >= 11 is 0. The molecule has 0 aliphatic heterocycles. The van der Waals surface area contributed by atoms with E-state index in [4.69, 9.17) is 0 Å². The van der Waals surface area contributed by atoms with E-state index in [1.165, 1.54) is 41.8 Å². The standard InChI is InChI=1S/C16H21N3/c1-16(2,17-3)15-10-18-11-19(15)14-8-7-12-5-4-6-13(12)9-14/h7-11,17H,4-6H2,1-3H3. The molecule has 1 aliphatic carbocycles. The molecule has 0 amide bonds. The van der Waals surface area contributed by atoms with Gasteiger partial charge in [0.25, 0.3) is 0 Å². The summed E-state index contributed by atoms with van der Waals surface area (Å²) in [4.78, 5) is 4.33. The molecule has 0 unspecified atom stereocenters. The Morgan fingerprint density at radius 2 is 2.00 bits per heavy atom. The van der Waals surface area contributed by atoms with Gasteiger partial charge in [-0.1, -0.05) is 6.07 Å². The molecular weight excluding hydrogens is 234 g/mol. The van der Waals surface area contributed by atoms with Crippen molar-refractivity contribution < 1.29 is 0 Å². The lowest BCUT2D eigenvalue weighted by Gasteiger charge is -2.25. The van der Waals surface area contributed by atoms with E-state index < -0.39 is 0 Å². The highest BCUT2D eigenvalue weighted by molar-refractivity contribution is 5.44. The van der Waals surface area contributed by atoms with E-state index in [1.807, 2.05) is 19.6 Å². The quantitative estimate of drug-likeness (QED) is 0.914. The topological polar surface area (TPSA) is 29.9 Å². The number of benzene rings is 1. The van der Waals surface area contributed by atoms with Gasteiger partial charge in [0.05, 0.1) is 23.8 Å². The molecule has 1 N–H and O–H groups in total. The summed E-state index contributed by atoms with van der Waals surface area (Å²) in [5.41, 5.74) is 5.33. The Bertz CT molecular complexity index is 596. The van der Waals surface area contributed by atoms with Crippen molar-refractivity contribution in [2.45, 2.75) is 38.6 Å². The van der Waals surface area contributed by atoms with E-state index in [0.29, 0.717) is 0 Å². The van der Waals surface area contributed by atoms with Crippen molar-refractivity contribution in [1.29, 1.82) is 0 Å². The number of nitrogens with one attached hydrogen (secondary N) is 1. The number of hydrogen-bond acceptors (Lipinski definition) is 2. The zero-order chi connectivity index (χ0) is 13.5. The maximum atomic E-state index is 4.33. The summed E-state index contributed by atoms with van der Waals surface area (Å²) < 4.78 is 2.19. The molecule has 3 heteroatoms. The molecule has 0 saturated carbocycles. The molecule has 1 aromatic heterocycles. The van der Waals surface area contributed by atoms with Gasteiger partial charge in [0.2, 0.25) is 0 Å². The van der Waals surface area contributed by atoms with Crippen molar-refractivity contribution in [2.75, 3.05) is 7.05 Å². The molecule has 100 valence electrons. The molecule has 0 saturated heterocycles. The fourth-order valence-electron chi connectivity index (χ4n) is 2.80. The monoisotopic (exact) mass is 255 g/mol. The minimum atomic E-state index is -0.0878. The van der Waals surface area contributed by atoms with Crippen LogP contribution in [0.4, 0.5) is 0 Å². The third kappa shape index (κ3) is 2.08. The molecule has 0 radical (unpaired) electrons. The van der Waals surface area contributed by atoms with E-state index in [0.717, 1.165) is 0 Å². The Morgan fingerprint density at radius 1 is 1.21 bits per heavy atom. The average molecular weight is 255 g/mol. The molecule has 0 spiro atoms. The predicted molar refractivity (Wildman–Crippen MR) is 77.7 cm³/mol. The zero-order valence-electron chi connectivity index (χ0n) is 11.9. The Labute approximate surface area is 114 Å². The van der Waals surface area contributed by atoms with E-state index >= 15 is 0 Å². The normalized spacial score (nSPS) is 14.7. The number of aryl methyl sites for hydroxylation is 2. The maximum absolute atomic E-state index is 4.33. The van der Waals surface area contributed by atoms with Crippen molar-refractivity contribution in [3.8, 4) is 5.69 Å². The number of fused-ring (bicyclic) bond motifs is 1. The highest BCUT2D eigenvalue weighted by Crippen LogP contribution is 2.27. The van der Waals surface area contributed by atoms with Gasteiger partial charge in [0, 0.05) is 5.69 Å². The highest BCUT2D eigenvalue weighted by Gasteiger charge is 2.23. The van der Waals surface area contributed by atoms with Gasteiger partial charge >= 0.3 is 0 Å². The molecule has 3 nitrogen and oxygen atoms in total. The van der Waals surface area contributed by atoms with Crippen molar-refractivity contribution in [2.24, 2.45) is 0 Å². The second-order valence-electron chi connectivity index (χ2n) is 5.83. The zero-order valence-corrected chi connectivity index (χ0v) is 11.9. The minimum Gasteiger partial charge on any atom is -0.310 e. The lowest BCUT2D eigenvalue weighted by atomic mass is 10.0. The third-order valence-corrected chi connectivity index (χ3v) is 4.26. The second kappa shape index (κ2) is 4.49. The van der Waals surface area contributed by atoms with E-state index in [9.17, 15) is 0 Å². The van der Waals surface area contributed by atoms with Crippen LogP contribution in [0.3, 0.4) is 0 Å². The van der Waals surface area contributed by atoms with E-state index in [2.05, 4.69) is 46.9 Å². The van der Waals surface area contributed by atoms with Crippen LogP contribution < -0.4 is 5.32 Å². The van der Waals surface area contributed by atoms with Gasteiger partial charge in [-0.2, -0.15) is 0 Å². The predicted octanol–water partition coefficient (Wildman–Crippen LogP) is 2.82. The van der Waals surface area contributed by atoms with E-state index in [-0.39, 0.29) is 5.54 Å². The first-order chi connectivity index (χ1) is 9.12. The third-order valence-electron chi connectivity index (χ3n) is 4.26. The molecule has 19 heavy (non-hydrogen) atoms. The van der Waals surface area contributed by atoms with E-state index in [1.54, 1.807) is 0 Å². The van der Waals surface area contributed by atoms with Crippen LogP contribution in [0.1, 0.15) is 37.1 Å². The smallest absolute Gasteiger partial charge is 0.0994 e. The molecule has 1 aliphatic rings. The summed E-state index contributed by atoms with van der Waals surface area (Å²) in [6.07, 6.45) is 7.59. The van der Waals surface area contributed by atoms with Crippen LogP contribution in [-0.2, 0) is 18.4 Å². The molecular formula is C16H21N3. The van der Waals surface area contributed by atoms with Gasteiger partial charge in [-0.25, -0.2) is 4.98 Å². The first-order valence-electron chi connectivity index (χ1n) is 6.96. The van der Waals surface area contributed by atoms with Crippen LogP contribution in [0.25, 0.3) is 5.69 Å². The molecule has 0 bridgehead atoms. The Hall–Kier alpha value is -1.61. The number of aromatic nitrogens is 2. The average Bonchev–Trinajstić information content (AvgIpc) is 3.06. The van der Waals surface area contributed by atoms with Gasteiger partial charge in [0.1, 0.15) is 0 Å². The number of rotatable bonds is 3. The van der Waals surface area contributed by atoms with Gasteiger partial charge in [-0.05, 0) is 63.4 Å². The Kier molecular flexibility index (Phi) is 2.94. The minimum absolute atomic E-state index is 0.0878. The molecule has 3 rings (SSSR count). The van der Waals surface area contributed by atoms with Crippen LogP contribution in [0.2, 0.25) is 0 Å². The first kappa shape index (κ1) is 12.4. The van der Waals surface area contributed by atoms with Gasteiger partial charge < -0.3 is 9.88 Å². The van der Waals surface area contributed by atoms with Crippen molar-refractivity contribution >= 4 is 0 Å². The van der Waals surface area contributed by atoms with Gasteiger partial charge in [-0.3, -0.25) is 0 Å². The second-order valence-corrected chi connectivity index (χ2v) is 5.83. The molecule has 1 aromatic carbocycles. The largest absolute Gasteiger partial charge is 0.310 e. The van der Waals surface area contributed by atoms with Crippen molar-refractivity contribution in [3.63, 3.8) is 0 Å². The number of hydrogen-bond donors (Lipinski definition) is 1. The van der Waals surface area contributed by atoms with Gasteiger partial charge in [-0.15, -0.1) is 0 Å². The lowest BCUT2D eigenvalue weighted by Crippen LogP contribution is -2.35. The molecule has 1 heterocycles. The van der Waals surface area contributed by atoms with Crippen LogP contribution >= 0.6 is 0 Å². The number of nitrogens with zero attached hydrogens (tertiary/aromatic N) is 2. The fourth-order valence-corrected chi connectivity index (χ4v) is 2.80. The highest BCUT2D eigenvalue weighted by atomic mass is 15.1. The van der Waals surface area contributed by atoms with Crippen molar-refractivity contribution in [1.82, 2.24) is 14.9 Å². The number of imidazole rings is 1. The SMILES string of the molecule is CNC(C)(C)c1cncn1-c1ccc2c(c1)CCC2. The Balaban J connectivity index is 2.06. The van der Waals surface area contributed by atoms with Crippen LogP contribution in [0, 0.1) is 0 Å². The van der Waals surface area contributed by atoms with Crippen LogP contribution in [-0.4, -0.2) is 16.6 Å².